The van der Waals surface area contributed by atoms with Crippen LogP contribution in [0.3, 0.4) is 0 Å². The van der Waals surface area contributed by atoms with Crippen LogP contribution < -0.4 is 15.8 Å². The summed E-state index contributed by atoms with van der Waals surface area (Å²) < 4.78 is 11.2. The summed E-state index contributed by atoms with van der Waals surface area (Å²) in [6.45, 7) is 7.53. The van der Waals surface area contributed by atoms with Crippen molar-refractivity contribution in [2.75, 3.05) is 39.5 Å². The van der Waals surface area contributed by atoms with Crippen molar-refractivity contribution in [3.63, 3.8) is 0 Å². The van der Waals surface area contributed by atoms with E-state index in [0.29, 0.717) is 26.0 Å². The molecule has 1 fully saturated rings. The van der Waals surface area contributed by atoms with E-state index in [1.807, 2.05) is 31.2 Å². The van der Waals surface area contributed by atoms with Crippen LogP contribution in [0.1, 0.15) is 25.3 Å². The molecule has 0 bridgehead atoms. The van der Waals surface area contributed by atoms with Crippen LogP contribution in [-0.2, 0) is 16.1 Å². The van der Waals surface area contributed by atoms with Crippen molar-refractivity contribution in [3.05, 3.63) is 29.8 Å². The average Bonchev–Trinajstić information content (AvgIpc) is 2.59. The number of nitrogens with two attached hydrogens (primary N) is 1. The molecule has 6 heteroatoms. The summed E-state index contributed by atoms with van der Waals surface area (Å²) in [6.07, 6.45) is 1.17. The Hall–Kier alpha value is -1.63. The van der Waals surface area contributed by atoms with Crippen molar-refractivity contribution in [1.29, 1.82) is 0 Å². The fourth-order valence-electron chi connectivity index (χ4n) is 2.51. The molecule has 0 saturated carbocycles. The minimum Gasteiger partial charge on any atom is -0.492 e. The van der Waals surface area contributed by atoms with Gasteiger partial charge in [0.25, 0.3) is 0 Å². The summed E-state index contributed by atoms with van der Waals surface area (Å²) in [7, 11) is 0. The molecule has 1 amide bonds. The molecular weight excluding hydrogens is 306 g/mol. The highest BCUT2D eigenvalue weighted by Gasteiger charge is 2.10. The van der Waals surface area contributed by atoms with Gasteiger partial charge in [0.1, 0.15) is 12.4 Å². The van der Waals surface area contributed by atoms with E-state index in [1.165, 1.54) is 0 Å². The first-order chi connectivity index (χ1) is 11.6. The number of ether oxygens (including phenoxy) is 2. The average molecular weight is 335 g/mol. The van der Waals surface area contributed by atoms with Gasteiger partial charge in [0.15, 0.2) is 0 Å². The van der Waals surface area contributed by atoms with Gasteiger partial charge in [-0.05, 0) is 31.0 Å². The van der Waals surface area contributed by atoms with E-state index < -0.39 is 0 Å². The summed E-state index contributed by atoms with van der Waals surface area (Å²) in [6, 6.07) is 7.92. The van der Waals surface area contributed by atoms with Gasteiger partial charge >= 0.3 is 0 Å². The van der Waals surface area contributed by atoms with E-state index in [-0.39, 0.29) is 11.9 Å². The number of carbonyl (C=O) groups is 1. The zero-order valence-electron chi connectivity index (χ0n) is 14.5. The molecule has 1 heterocycles. The Morgan fingerprint density at radius 2 is 2.21 bits per heavy atom. The fourth-order valence-corrected chi connectivity index (χ4v) is 2.51. The molecule has 1 saturated heterocycles. The summed E-state index contributed by atoms with van der Waals surface area (Å²) >= 11 is 0. The Kier molecular flexibility index (Phi) is 8.01. The van der Waals surface area contributed by atoms with Crippen LogP contribution in [-0.4, -0.2) is 56.3 Å². The van der Waals surface area contributed by atoms with Crippen molar-refractivity contribution < 1.29 is 14.3 Å². The van der Waals surface area contributed by atoms with Crippen LogP contribution in [0, 0.1) is 0 Å². The Balaban J connectivity index is 1.69. The molecule has 0 radical (unpaired) electrons. The van der Waals surface area contributed by atoms with E-state index in [4.69, 9.17) is 15.2 Å². The van der Waals surface area contributed by atoms with Crippen molar-refractivity contribution in [1.82, 2.24) is 10.2 Å². The molecule has 3 N–H and O–H groups in total. The second kappa shape index (κ2) is 10.3. The van der Waals surface area contributed by atoms with Crippen LogP contribution in [0.5, 0.6) is 5.75 Å². The number of nitrogens with zero attached hydrogens (tertiary/aromatic N) is 1. The first-order valence-electron chi connectivity index (χ1n) is 8.67. The second-order valence-electron chi connectivity index (χ2n) is 6.24. The number of hydrogen-bond donors (Lipinski definition) is 2. The van der Waals surface area contributed by atoms with Gasteiger partial charge in [-0.2, -0.15) is 0 Å². The topological polar surface area (TPSA) is 76.8 Å². The zero-order valence-corrected chi connectivity index (χ0v) is 14.5. The predicted octanol–water partition coefficient (Wildman–Crippen LogP) is 1.14. The van der Waals surface area contributed by atoms with Gasteiger partial charge < -0.3 is 20.5 Å². The lowest BCUT2D eigenvalue weighted by Crippen LogP contribution is -2.38. The third kappa shape index (κ3) is 7.29. The predicted molar refractivity (Wildman–Crippen MR) is 93.9 cm³/mol. The maximum absolute atomic E-state index is 11.7. The van der Waals surface area contributed by atoms with Crippen LogP contribution in [0.4, 0.5) is 0 Å². The molecule has 24 heavy (non-hydrogen) atoms. The second-order valence-corrected chi connectivity index (χ2v) is 6.24. The molecule has 2 rings (SSSR count). The van der Waals surface area contributed by atoms with Gasteiger partial charge in [0.05, 0.1) is 13.2 Å². The molecule has 6 nitrogen and oxygen atoms in total. The normalized spacial score (nSPS) is 16.6. The highest BCUT2D eigenvalue weighted by Crippen LogP contribution is 2.13. The first kappa shape index (κ1) is 18.7. The molecule has 134 valence electrons. The minimum absolute atomic E-state index is 0.0333. The summed E-state index contributed by atoms with van der Waals surface area (Å²) in [5, 5.41) is 2.92. The van der Waals surface area contributed by atoms with Gasteiger partial charge in [-0.25, -0.2) is 0 Å². The lowest BCUT2D eigenvalue weighted by molar-refractivity contribution is -0.121. The maximum Gasteiger partial charge on any atom is 0.220 e. The number of rotatable bonds is 9. The summed E-state index contributed by atoms with van der Waals surface area (Å²) in [5.74, 6) is 0.872. The Morgan fingerprint density at radius 1 is 1.42 bits per heavy atom. The molecule has 0 aromatic heterocycles. The van der Waals surface area contributed by atoms with Gasteiger partial charge in [0.2, 0.25) is 5.91 Å². The van der Waals surface area contributed by atoms with E-state index in [2.05, 4.69) is 10.2 Å². The Bertz CT molecular complexity index is 502. The van der Waals surface area contributed by atoms with Gasteiger partial charge in [-0.3, -0.25) is 9.69 Å². The van der Waals surface area contributed by atoms with Crippen LogP contribution in [0.2, 0.25) is 0 Å². The van der Waals surface area contributed by atoms with Crippen molar-refractivity contribution in [2.45, 2.75) is 32.4 Å². The van der Waals surface area contributed by atoms with Gasteiger partial charge in [-0.15, -0.1) is 0 Å². The Labute approximate surface area is 144 Å². The number of carbonyl (C=O) groups excluding carboxylic acids is 1. The van der Waals surface area contributed by atoms with Crippen LogP contribution in [0.15, 0.2) is 24.3 Å². The molecular formula is C18H29N3O3. The maximum atomic E-state index is 11.7. The summed E-state index contributed by atoms with van der Waals surface area (Å²) in [5.41, 5.74) is 6.70. The molecule has 1 unspecified atom stereocenters. The fraction of sp³-hybridized carbons (Fsp3) is 0.611. The van der Waals surface area contributed by atoms with Crippen molar-refractivity contribution in [3.8, 4) is 5.75 Å². The number of nitrogens with one attached hydrogen (secondary N) is 1. The van der Waals surface area contributed by atoms with E-state index in [0.717, 1.165) is 44.2 Å². The third-order valence-corrected chi connectivity index (χ3v) is 3.99. The van der Waals surface area contributed by atoms with E-state index >= 15 is 0 Å². The number of morpholine rings is 1. The third-order valence-electron chi connectivity index (χ3n) is 3.99. The highest BCUT2D eigenvalue weighted by atomic mass is 16.5. The Morgan fingerprint density at radius 3 is 2.96 bits per heavy atom. The summed E-state index contributed by atoms with van der Waals surface area (Å²) in [4.78, 5) is 14.1. The monoisotopic (exact) mass is 335 g/mol. The quantitative estimate of drug-likeness (QED) is 0.708. The largest absolute Gasteiger partial charge is 0.492 e. The molecule has 1 aliphatic rings. The molecule has 1 aromatic carbocycles. The van der Waals surface area contributed by atoms with E-state index in [1.54, 1.807) is 0 Å². The van der Waals surface area contributed by atoms with E-state index in [9.17, 15) is 4.79 Å². The number of amides is 1. The van der Waals surface area contributed by atoms with Gasteiger partial charge in [-0.1, -0.05) is 12.1 Å². The zero-order chi connectivity index (χ0) is 17.2. The number of benzene rings is 1. The van der Waals surface area contributed by atoms with Gasteiger partial charge in [0, 0.05) is 38.6 Å². The van der Waals surface area contributed by atoms with Crippen LogP contribution in [0.25, 0.3) is 0 Å². The molecule has 0 spiro atoms. The lowest BCUT2D eigenvalue weighted by atomic mass is 10.2. The van der Waals surface area contributed by atoms with Crippen molar-refractivity contribution >= 4 is 5.91 Å². The standard InChI is InChI=1S/C18H29N3O3/c1-15(19)5-6-18(22)20-14-16-3-2-4-17(13-16)24-12-9-21-7-10-23-11-8-21/h2-4,13,15H,5-12,14,19H2,1H3,(H,20,22). The molecule has 1 atom stereocenters. The van der Waals surface area contributed by atoms with Crippen LogP contribution >= 0.6 is 0 Å². The SMILES string of the molecule is CC(N)CCC(=O)NCc1cccc(OCCN2CCOCC2)c1. The lowest BCUT2D eigenvalue weighted by Gasteiger charge is -2.26. The van der Waals surface area contributed by atoms with Crippen molar-refractivity contribution in [2.24, 2.45) is 5.73 Å². The molecule has 0 aliphatic carbocycles. The minimum atomic E-state index is 0.0333. The first-order valence-corrected chi connectivity index (χ1v) is 8.67. The number of hydrogen-bond acceptors (Lipinski definition) is 5. The smallest absolute Gasteiger partial charge is 0.220 e. The highest BCUT2D eigenvalue weighted by molar-refractivity contribution is 5.75. The molecule has 1 aromatic rings. The molecule has 1 aliphatic heterocycles.